The van der Waals surface area contributed by atoms with Crippen molar-refractivity contribution in [3.63, 3.8) is 0 Å². The maximum atomic E-state index is 12.9. The van der Waals surface area contributed by atoms with Crippen molar-refractivity contribution < 1.29 is 27.9 Å². The molecule has 1 heterocycles. The highest BCUT2D eigenvalue weighted by Crippen LogP contribution is 2.28. The number of rotatable bonds is 6. The van der Waals surface area contributed by atoms with E-state index in [9.17, 15) is 23.1 Å². The number of carbonyl (C=O) groups excluding carboxylic acids is 2. The normalized spacial score (nSPS) is 19.2. The van der Waals surface area contributed by atoms with Crippen molar-refractivity contribution in [3.05, 3.63) is 58.1 Å². The first-order valence-corrected chi connectivity index (χ1v) is 11.5. The van der Waals surface area contributed by atoms with Gasteiger partial charge in [-0.15, -0.1) is 0 Å². The van der Waals surface area contributed by atoms with Crippen LogP contribution in [-0.2, 0) is 24.3 Å². The number of sulfonamides is 1. The molecular weight excluding hydrogens is 467 g/mol. The van der Waals surface area contributed by atoms with Gasteiger partial charge >= 0.3 is 5.97 Å². The number of nitrogens with one attached hydrogen (secondary N) is 1. The quantitative estimate of drug-likeness (QED) is 0.606. The van der Waals surface area contributed by atoms with Crippen LogP contribution in [-0.4, -0.2) is 55.0 Å². The first-order valence-electron chi connectivity index (χ1n) is 9.26. The van der Waals surface area contributed by atoms with Gasteiger partial charge in [0.1, 0.15) is 6.04 Å². The van der Waals surface area contributed by atoms with E-state index >= 15 is 0 Å². The third-order valence-corrected chi connectivity index (χ3v) is 7.36. The molecule has 0 aliphatic carbocycles. The second-order valence-corrected chi connectivity index (χ2v) is 9.74. The molecule has 0 bridgehead atoms. The summed E-state index contributed by atoms with van der Waals surface area (Å²) in [6.45, 7) is 0.841. The summed E-state index contributed by atoms with van der Waals surface area (Å²) in [5, 5.41) is 13.4. The molecule has 2 atom stereocenters. The lowest BCUT2D eigenvalue weighted by molar-refractivity contribution is -0.150. The highest BCUT2D eigenvalue weighted by molar-refractivity contribution is 7.89. The highest BCUT2D eigenvalue weighted by atomic mass is 35.5. The molecule has 8 nitrogen and oxygen atoms in total. The fourth-order valence-corrected chi connectivity index (χ4v) is 5.10. The van der Waals surface area contributed by atoms with Gasteiger partial charge in [0.05, 0.1) is 11.0 Å². The number of amides is 1. The van der Waals surface area contributed by atoms with E-state index in [1.54, 1.807) is 25.1 Å². The van der Waals surface area contributed by atoms with Gasteiger partial charge in [0.2, 0.25) is 10.0 Å². The summed E-state index contributed by atoms with van der Waals surface area (Å²) in [6, 6.07) is 9.18. The molecule has 0 saturated carbocycles. The standard InChI is InChI=1S/C20H20Cl2N2O6S/c1-12-16(22)3-2-4-17(12)23-19(26)11-30-20(27)18-9-14(25)10-24(18)31(28,29)15-7-5-13(21)6-8-15/h2-8,14,18,25H,9-11H2,1H3,(H,23,26)/t14-,18+/m1/s1. The Morgan fingerprint density at radius 1 is 1.19 bits per heavy atom. The van der Waals surface area contributed by atoms with Crippen LogP contribution in [0.1, 0.15) is 12.0 Å². The predicted octanol–water partition coefficient (Wildman–Crippen LogP) is 2.61. The minimum absolute atomic E-state index is 0.0713. The number of esters is 1. The van der Waals surface area contributed by atoms with Gasteiger partial charge in [-0.05, 0) is 48.9 Å². The molecule has 1 saturated heterocycles. The van der Waals surface area contributed by atoms with E-state index in [0.29, 0.717) is 21.3 Å². The van der Waals surface area contributed by atoms with Crippen LogP contribution < -0.4 is 5.32 Å². The summed E-state index contributed by atoms with van der Waals surface area (Å²) in [4.78, 5) is 24.6. The minimum atomic E-state index is -4.08. The van der Waals surface area contributed by atoms with Crippen molar-refractivity contribution in [1.29, 1.82) is 0 Å². The largest absolute Gasteiger partial charge is 0.454 e. The van der Waals surface area contributed by atoms with Crippen molar-refractivity contribution in [2.24, 2.45) is 0 Å². The lowest BCUT2D eigenvalue weighted by Gasteiger charge is -2.22. The first-order chi connectivity index (χ1) is 14.6. The van der Waals surface area contributed by atoms with Gasteiger partial charge in [-0.25, -0.2) is 8.42 Å². The fourth-order valence-electron chi connectivity index (χ4n) is 3.17. The van der Waals surface area contributed by atoms with E-state index in [1.807, 2.05) is 0 Å². The molecule has 2 aromatic rings. The second kappa shape index (κ2) is 9.54. The van der Waals surface area contributed by atoms with Crippen LogP contribution in [0.15, 0.2) is 47.4 Å². The first kappa shape index (κ1) is 23.5. The van der Waals surface area contributed by atoms with E-state index in [0.717, 1.165) is 4.31 Å². The van der Waals surface area contributed by atoms with Crippen LogP contribution in [0.25, 0.3) is 0 Å². The Kier molecular flexibility index (Phi) is 7.23. The number of carbonyl (C=O) groups is 2. The molecule has 1 aliphatic heterocycles. The SMILES string of the molecule is Cc1c(Cl)cccc1NC(=O)COC(=O)[C@@H]1C[C@@H](O)CN1S(=O)(=O)c1ccc(Cl)cc1. The summed E-state index contributed by atoms with van der Waals surface area (Å²) in [6.07, 6.45) is -1.18. The Labute approximate surface area is 189 Å². The van der Waals surface area contributed by atoms with Crippen molar-refractivity contribution in [1.82, 2.24) is 4.31 Å². The Balaban J connectivity index is 1.67. The molecule has 0 spiro atoms. The van der Waals surface area contributed by atoms with Crippen LogP contribution >= 0.6 is 23.2 Å². The molecule has 11 heteroatoms. The van der Waals surface area contributed by atoms with Crippen molar-refractivity contribution >= 4 is 50.8 Å². The van der Waals surface area contributed by atoms with Gasteiger partial charge in [0.15, 0.2) is 6.61 Å². The van der Waals surface area contributed by atoms with Crippen LogP contribution in [0, 0.1) is 6.92 Å². The molecule has 2 N–H and O–H groups in total. The van der Waals surface area contributed by atoms with Crippen LogP contribution in [0.4, 0.5) is 5.69 Å². The van der Waals surface area contributed by atoms with Crippen molar-refractivity contribution in [3.8, 4) is 0 Å². The Bertz CT molecular complexity index is 1090. The zero-order valence-electron chi connectivity index (χ0n) is 16.4. The summed E-state index contributed by atoms with van der Waals surface area (Å²) in [5.74, 6) is -1.53. The Hall–Kier alpha value is -2.17. The summed E-state index contributed by atoms with van der Waals surface area (Å²) >= 11 is 11.8. The van der Waals surface area contributed by atoms with E-state index in [-0.39, 0.29) is 17.9 Å². The number of hydrogen-bond donors (Lipinski definition) is 2. The number of β-amino-alcohol motifs (C(OH)–C–C–N with tert-alkyl or cyclic N) is 1. The smallest absolute Gasteiger partial charge is 0.325 e. The molecule has 166 valence electrons. The maximum absolute atomic E-state index is 12.9. The van der Waals surface area contributed by atoms with Gasteiger partial charge in [0.25, 0.3) is 5.91 Å². The van der Waals surface area contributed by atoms with Crippen molar-refractivity contribution in [2.45, 2.75) is 30.4 Å². The average molecular weight is 487 g/mol. The molecule has 0 radical (unpaired) electrons. The molecule has 1 amide bonds. The lowest BCUT2D eigenvalue weighted by atomic mass is 10.2. The van der Waals surface area contributed by atoms with Gasteiger partial charge in [0, 0.05) is 28.7 Å². The Morgan fingerprint density at radius 2 is 1.87 bits per heavy atom. The number of halogens is 2. The number of aliphatic hydroxyl groups is 1. The van der Waals surface area contributed by atoms with E-state index in [2.05, 4.69) is 5.32 Å². The van der Waals surface area contributed by atoms with Gasteiger partial charge < -0.3 is 15.2 Å². The number of benzene rings is 2. The molecule has 0 unspecified atom stereocenters. The zero-order valence-corrected chi connectivity index (χ0v) is 18.7. The molecule has 3 rings (SSSR count). The molecule has 0 aromatic heterocycles. The number of nitrogens with zero attached hydrogens (tertiary/aromatic N) is 1. The van der Waals surface area contributed by atoms with Gasteiger partial charge in [-0.2, -0.15) is 4.31 Å². The second-order valence-electron chi connectivity index (χ2n) is 7.00. The molecular formula is C20H20Cl2N2O6S. The minimum Gasteiger partial charge on any atom is -0.454 e. The van der Waals surface area contributed by atoms with Crippen LogP contribution in [0.3, 0.4) is 0 Å². The van der Waals surface area contributed by atoms with Crippen LogP contribution in [0.5, 0.6) is 0 Å². The zero-order chi connectivity index (χ0) is 22.8. The number of anilines is 1. The van der Waals surface area contributed by atoms with Gasteiger partial charge in [-0.1, -0.05) is 29.3 Å². The maximum Gasteiger partial charge on any atom is 0.325 e. The van der Waals surface area contributed by atoms with Gasteiger partial charge in [-0.3, -0.25) is 9.59 Å². The third-order valence-electron chi connectivity index (χ3n) is 4.81. The summed E-state index contributed by atoms with van der Waals surface area (Å²) in [7, 11) is -4.08. The summed E-state index contributed by atoms with van der Waals surface area (Å²) < 4.78 is 31.8. The van der Waals surface area contributed by atoms with Crippen molar-refractivity contribution in [2.75, 3.05) is 18.5 Å². The molecule has 1 fully saturated rings. The number of ether oxygens (including phenoxy) is 1. The fraction of sp³-hybridized carbons (Fsp3) is 0.300. The summed E-state index contributed by atoms with van der Waals surface area (Å²) in [5.41, 5.74) is 1.12. The molecule has 2 aromatic carbocycles. The highest BCUT2D eigenvalue weighted by Gasteiger charge is 2.44. The van der Waals surface area contributed by atoms with E-state index in [4.69, 9.17) is 27.9 Å². The molecule has 1 aliphatic rings. The lowest BCUT2D eigenvalue weighted by Crippen LogP contribution is -2.42. The van der Waals surface area contributed by atoms with E-state index < -0.39 is 40.7 Å². The Morgan fingerprint density at radius 3 is 2.55 bits per heavy atom. The molecule has 31 heavy (non-hydrogen) atoms. The average Bonchev–Trinajstić information content (AvgIpc) is 3.13. The number of aliphatic hydroxyl groups excluding tert-OH is 1. The van der Waals surface area contributed by atoms with E-state index in [1.165, 1.54) is 24.3 Å². The van der Waals surface area contributed by atoms with Crippen LogP contribution in [0.2, 0.25) is 10.0 Å². The third kappa shape index (κ3) is 5.36. The predicted molar refractivity (Wildman–Crippen MR) is 116 cm³/mol. The monoisotopic (exact) mass is 486 g/mol. The topological polar surface area (TPSA) is 113 Å². The number of hydrogen-bond acceptors (Lipinski definition) is 6.